The van der Waals surface area contributed by atoms with Crippen LogP contribution in [0, 0.1) is 25.6 Å². The number of benzene rings is 1. The first kappa shape index (κ1) is 20.0. The van der Waals surface area contributed by atoms with Crippen molar-refractivity contribution in [2.45, 2.75) is 26.5 Å². The van der Waals surface area contributed by atoms with Crippen LogP contribution in [0.4, 0.5) is 14.5 Å². The Morgan fingerprint density at radius 2 is 2.10 bits per heavy atom. The van der Waals surface area contributed by atoms with Gasteiger partial charge in [-0.1, -0.05) is 0 Å². The molecule has 1 aromatic carbocycles. The molecule has 1 amide bonds. The number of nitrogens with zero attached hydrogens (tertiary/aromatic N) is 3. The van der Waals surface area contributed by atoms with E-state index in [1.54, 1.807) is 13.0 Å². The minimum atomic E-state index is -0.759. The first-order chi connectivity index (χ1) is 14.4. The highest BCUT2D eigenvalue weighted by molar-refractivity contribution is 6.03. The highest BCUT2D eigenvalue weighted by Gasteiger charge is 2.25. The standard InChI is InChI=1S/C21H20F2N4O3/c1-11-8-18(29-3)24-12(2)20(11)25-17(28)5-4-13-9-16-14(10-15(13)22)21(23)26-27(16)19-6-7-30-19/h4-5,8-10,19H,6-7H2,1-3H3,(H,25,28)/b5-4+. The summed E-state index contributed by atoms with van der Waals surface area (Å²) in [6.45, 7) is 4.14. The molecule has 0 spiro atoms. The SMILES string of the molecule is COc1cc(C)c(NC(=O)/C=C/c2cc3c(cc2F)c(F)nn3C2CCO2)c(C)n1. The van der Waals surface area contributed by atoms with E-state index in [1.807, 2.05) is 6.92 Å². The van der Waals surface area contributed by atoms with Crippen molar-refractivity contribution < 1.29 is 23.0 Å². The van der Waals surface area contributed by atoms with Gasteiger partial charge in [0.15, 0.2) is 6.23 Å². The molecule has 1 unspecified atom stereocenters. The van der Waals surface area contributed by atoms with Gasteiger partial charge in [-0.05, 0) is 37.6 Å². The predicted octanol–water partition coefficient (Wildman–Crippen LogP) is 3.91. The number of rotatable bonds is 5. The molecule has 0 radical (unpaired) electrons. The molecule has 3 heterocycles. The van der Waals surface area contributed by atoms with E-state index < -0.39 is 17.7 Å². The maximum atomic E-state index is 14.5. The molecule has 7 nitrogen and oxygen atoms in total. The van der Waals surface area contributed by atoms with Crippen LogP contribution >= 0.6 is 0 Å². The average Bonchev–Trinajstić information content (AvgIpc) is 2.96. The van der Waals surface area contributed by atoms with Crippen LogP contribution in [0.3, 0.4) is 0 Å². The molecule has 1 N–H and O–H groups in total. The third kappa shape index (κ3) is 3.63. The number of hydrogen-bond acceptors (Lipinski definition) is 5. The van der Waals surface area contributed by atoms with Gasteiger partial charge >= 0.3 is 0 Å². The van der Waals surface area contributed by atoms with Crippen LogP contribution in [-0.2, 0) is 9.53 Å². The Bertz CT molecular complexity index is 1150. The number of carbonyl (C=O) groups excluding carboxylic acids is 1. The Morgan fingerprint density at radius 3 is 2.73 bits per heavy atom. The summed E-state index contributed by atoms with van der Waals surface area (Å²) in [5, 5.41) is 6.63. The Labute approximate surface area is 171 Å². The van der Waals surface area contributed by atoms with Crippen molar-refractivity contribution in [1.82, 2.24) is 14.8 Å². The van der Waals surface area contributed by atoms with Crippen LogP contribution in [-0.4, -0.2) is 34.4 Å². The number of nitrogens with one attached hydrogen (secondary N) is 1. The number of halogens is 2. The highest BCUT2D eigenvalue weighted by atomic mass is 19.1. The second-order valence-electron chi connectivity index (χ2n) is 7.00. The van der Waals surface area contributed by atoms with Gasteiger partial charge in [-0.2, -0.15) is 4.39 Å². The van der Waals surface area contributed by atoms with Crippen LogP contribution in [0.2, 0.25) is 0 Å². The summed E-state index contributed by atoms with van der Waals surface area (Å²) < 4.78 is 40.4. The molecule has 156 valence electrons. The summed E-state index contributed by atoms with van der Waals surface area (Å²) in [4.78, 5) is 16.6. The van der Waals surface area contributed by atoms with Crippen molar-refractivity contribution in [3.05, 3.63) is 52.9 Å². The zero-order valence-electron chi connectivity index (χ0n) is 16.7. The van der Waals surface area contributed by atoms with Crippen LogP contribution < -0.4 is 10.1 Å². The smallest absolute Gasteiger partial charge is 0.248 e. The average molecular weight is 414 g/mol. The van der Waals surface area contributed by atoms with Crippen molar-refractivity contribution in [2.24, 2.45) is 0 Å². The maximum absolute atomic E-state index is 14.5. The third-order valence-corrected chi connectivity index (χ3v) is 4.97. The summed E-state index contributed by atoms with van der Waals surface area (Å²) in [6, 6.07) is 4.24. The van der Waals surface area contributed by atoms with Crippen LogP contribution in [0.15, 0.2) is 24.3 Å². The number of hydrogen-bond donors (Lipinski definition) is 1. The number of carbonyl (C=O) groups is 1. The molecule has 1 aliphatic rings. The van der Waals surface area contributed by atoms with E-state index in [0.29, 0.717) is 35.8 Å². The molecule has 0 bridgehead atoms. The number of amides is 1. The van der Waals surface area contributed by atoms with Crippen molar-refractivity contribution in [2.75, 3.05) is 19.0 Å². The van der Waals surface area contributed by atoms with Gasteiger partial charge < -0.3 is 14.8 Å². The lowest BCUT2D eigenvalue weighted by atomic mass is 10.1. The van der Waals surface area contributed by atoms with Gasteiger partial charge in [-0.25, -0.2) is 14.1 Å². The Kier molecular flexibility index (Phi) is 5.21. The van der Waals surface area contributed by atoms with E-state index in [1.165, 1.54) is 30.0 Å². The largest absolute Gasteiger partial charge is 0.481 e. The van der Waals surface area contributed by atoms with Gasteiger partial charge in [0.2, 0.25) is 17.7 Å². The number of ether oxygens (including phenoxy) is 2. The number of methoxy groups -OCH3 is 1. The lowest BCUT2D eigenvalue weighted by molar-refractivity contribution is -0.111. The zero-order chi connectivity index (χ0) is 21.4. The second-order valence-corrected chi connectivity index (χ2v) is 7.00. The summed E-state index contributed by atoms with van der Waals surface area (Å²) in [7, 11) is 1.52. The molecule has 9 heteroatoms. The van der Waals surface area contributed by atoms with Gasteiger partial charge in [0.05, 0.1) is 36.0 Å². The first-order valence-electron chi connectivity index (χ1n) is 9.37. The zero-order valence-corrected chi connectivity index (χ0v) is 16.7. The molecule has 2 aromatic heterocycles. The molecule has 30 heavy (non-hydrogen) atoms. The van der Waals surface area contributed by atoms with E-state index in [-0.39, 0.29) is 17.2 Å². The highest BCUT2D eigenvalue weighted by Crippen LogP contribution is 2.30. The van der Waals surface area contributed by atoms with E-state index in [9.17, 15) is 13.6 Å². The Balaban J connectivity index is 1.59. The molecular weight excluding hydrogens is 394 g/mol. The predicted molar refractivity (Wildman–Crippen MR) is 107 cm³/mol. The quantitative estimate of drug-likeness (QED) is 0.641. The van der Waals surface area contributed by atoms with Crippen molar-refractivity contribution in [1.29, 1.82) is 0 Å². The molecule has 1 fully saturated rings. The molecule has 0 aliphatic carbocycles. The number of anilines is 1. The minimum Gasteiger partial charge on any atom is -0.481 e. The van der Waals surface area contributed by atoms with E-state index in [0.717, 1.165) is 11.6 Å². The summed E-state index contributed by atoms with van der Waals surface area (Å²) in [6.07, 6.45) is 2.89. The molecular formula is C21H20F2N4O3. The van der Waals surface area contributed by atoms with Crippen LogP contribution in [0.1, 0.15) is 29.5 Å². The summed E-state index contributed by atoms with van der Waals surface area (Å²) >= 11 is 0. The van der Waals surface area contributed by atoms with E-state index in [2.05, 4.69) is 15.4 Å². The monoisotopic (exact) mass is 414 g/mol. The molecule has 4 rings (SSSR count). The van der Waals surface area contributed by atoms with E-state index >= 15 is 0 Å². The molecule has 1 aliphatic heterocycles. The lowest BCUT2D eigenvalue weighted by Gasteiger charge is -2.27. The van der Waals surface area contributed by atoms with Gasteiger partial charge in [0, 0.05) is 24.1 Å². The van der Waals surface area contributed by atoms with Gasteiger partial charge in [-0.15, -0.1) is 5.10 Å². The second kappa shape index (κ2) is 7.83. The van der Waals surface area contributed by atoms with Crippen LogP contribution in [0.5, 0.6) is 5.88 Å². The number of aromatic nitrogens is 3. The minimum absolute atomic E-state index is 0.0696. The fraction of sp³-hybridized carbons (Fsp3) is 0.286. The maximum Gasteiger partial charge on any atom is 0.248 e. The van der Waals surface area contributed by atoms with Crippen LogP contribution in [0.25, 0.3) is 17.0 Å². The van der Waals surface area contributed by atoms with E-state index in [4.69, 9.17) is 9.47 Å². The number of fused-ring (bicyclic) bond motifs is 1. The third-order valence-electron chi connectivity index (χ3n) is 4.97. The fourth-order valence-electron chi connectivity index (χ4n) is 3.32. The molecule has 1 saturated heterocycles. The molecule has 0 saturated carbocycles. The normalized spacial score (nSPS) is 16.1. The summed E-state index contributed by atoms with van der Waals surface area (Å²) in [5.41, 5.74) is 2.49. The molecule has 3 aromatic rings. The molecule has 1 atom stereocenters. The van der Waals surface area contributed by atoms with Crippen molar-refractivity contribution in [3.63, 3.8) is 0 Å². The lowest BCUT2D eigenvalue weighted by Crippen LogP contribution is -2.25. The number of pyridine rings is 1. The van der Waals surface area contributed by atoms with Crippen molar-refractivity contribution in [3.8, 4) is 5.88 Å². The first-order valence-corrected chi connectivity index (χ1v) is 9.37. The summed E-state index contributed by atoms with van der Waals surface area (Å²) in [5.74, 6) is -1.41. The number of aryl methyl sites for hydroxylation is 2. The Morgan fingerprint density at radius 1 is 1.33 bits per heavy atom. The van der Waals surface area contributed by atoms with Crippen molar-refractivity contribution >= 4 is 28.6 Å². The van der Waals surface area contributed by atoms with Gasteiger partial charge in [0.25, 0.3) is 0 Å². The van der Waals surface area contributed by atoms with Gasteiger partial charge in [-0.3, -0.25) is 4.79 Å². The topological polar surface area (TPSA) is 78.3 Å². The fourth-order valence-corrected chi connectivity index (χ4v) is 3.32. The van der Waals surface area contributed by atoms with Gasteiger partial charge in [0.1, 0.15) is 5.82 Å². The Hall–Kier alpha value is -3.33.